The van der Waals surface area contributed by atoms with Crippen molar-refractivity contribution in [2.75, 3.05) is 6.54 Å². The molecule has 1 N–H and O–H groups in total. The highest BCUT2D eigenvalue weighted by molar-refractivity contribution is 9.10. The second-order valence-corrected chi connectivity index (χ2v) is 5.60. The van der Waals surface area contributed by atoms with Gasteiger partial charge in [0.2, 0.25) is 0 Å². The van der Waals surface area contributed by atoms with Crippen molar-refractivity contribution in [1.82, 2.24) is 5.32 Å². The highest BCUT2D eigenvalue weighted by atomic mass is 79.9. The van der Waals surface area contributed by atoms with E-state index in [2.05, 4.69) is 28.2 Å². The van der Waals surface area contributed by atoms with Gasteiger partial charge in [-0.25, -0.2) is 0 Å². The predicted molar refractivity (Wildman–Crippen MR) is 76.0 cm³/mol. The minimum absolute atomic E-state index is 0.0142. The van der Waals surface area contributed by atoms with Gasteiger partial charge in [-0.3, -0.25) is 4.79 Å². The second kappa shape index (κ2) is 7.24. The summed E-state index contributed by atoms with van der Waals surface area (Å²) in [6.07, 6.45) is 1.91. The number of carbonyl (C=O) groups excluding carboxylic acids is 1. The molecule has 0 saturated heterocycles. The molecule has 0 aromatic heterocycles. The van der Waals surface area contributed by atoms with E-state index in [-0.39, 0.29) is 11.3 Å². The molecule has 1 amide bonds. The molecule has 0 aliphatic rings. The van der Waals surface area contributed by atoms with Crippen molar-refractivity contribution in [3.63, 3.8) is 0 Å². The summed E-state index contributed by atoms with van der Waals surface area (Å²) in [5, 5.41) is 3.37. The van der Waals surface area contributed by atoms with E-state index >= 15 is 0 Å². The molecule has 2 nitrogen and oxygen atoms in total. The van der Waals surface area contributed by atoms with Crippen LogP contribution in [-0.2, 0) is 0 Å². The SMILES string of the molecule is CCCC(Cl)CNC(=O)c1ccc(Cl)c(Br)c1. The average molecular weight is 339 g/mol. The van der Waals surface area contributed by atoms with Gasteiger partial charge in [0.05, 0.1) is 10.4 Å². The number of amides is 1. The summed E-state index contributed by atoms with van der Waals surface area (Å²) in [5.41, 5.74) is 0.571. The van der Waals surface area contributed by atoms with Crippen LogP contribution in [0.3, 0.4) is 0 Å². The van der Waals surface area contributed by atoms with Crippen molar-refractivity contribution in [2.24, 2.45) is 0 Å². The Morgan fingerprint density at radius 2 is 2.24 bits per heavy atom. The van der Waals surface area contributed by atoms with E-state index in [1.165, 1.54) is 0 Å². The lowest BCUT2D eigenvalue weighted by molar-refractivity contribution is 0.0953. The zero-order valence-corrected chi connectivity index (χ0v) is 12.6. The van der Waals surface area contributed by atoms with Crippen LogP contribution in [0.1, 0.15) is 30.1 Å². The van der Waals surface area contributed by atoms with Crippen LogP contribution >= 0.6 is 39.1 Å². The largest absolute Gasteiger partial charge is 0.351 e. The van der Waals surface area contributed by atoms with Gasteiger partial charge in [0.15, 0.2) is 0 Å². The maximum Gasteiger partial charge on any atom is 0.251 e. The summed E-state index contributed by atoms with van der Waals surface area (Å²) in [4.78, 5) is 11.8. The van der Waals surface area contributed by atoms with Crippen LogP contribution in [0.15, 0.2) is 22.7 Å². The Balaban J connectivity index is 2.55. The zero-order chi connectivity index (χ0) is 12.8. The van der Waals surface area contributed by atoms with E-state index in [1.54, 1.807) is 18.2 Å². The molecule has 0 bridgehead atoms. The van der Waals surface area contributed by atoms with Gasteiger partial charge in [-0.05, 0) is 40.5 Å². The summed E-state index contributed by atoms with van der Waals surface area (Å²) in [5.74, 6) is -0.135. The van der Waals surface area contributed by atoms with Crippen LogP contribution in [-0.4, -0.2) is 17.8 Å². The summed E-state index contributed by atoms with van der Waals surface area (Å²) < 4.78 is 0.711. The fourth-order valence-corrected chi connectivity index (χ4v) is 2.15. The summed E-state index contributed by atoms with van der Waals surface area (Å²) in [6, 6.07) is 5.07. The Kier molecular flexibility index (Phi) is 6.31. The normalized spacial score (nSPS) is 12.2. The molecule has 0 heterocycles. The van der Waals surface area contributed by atoms with Crippen LogP contribution in [0.4, 0.5) is 0 Å². The number of hydrogen-bond acceptors (Lipinski definition) is 1. The van der Waals surface area contributed by atoms with Gasteiger partial charge in [-0.15, -0.1) is 11.6 Å². The predicted octanol–water partition coefficient (Wildman–Crippen LogP) is 4.24. The lowest BCUT2D eigenvalue weighted by Gasteiger charge is -2.10. The molecule has 0 radical (unpaired) electrons. The third-order valence-electron chi connectivity index (χ3n) is 2.27. The van der Waals surface area contributed by atoms with Crippen LogP contribution in [0.5, 0.6) is 0 Å². The quantitative estimate of drug-likeness (QED) is 0.799. The molecule has 1 atom stereocenters. The monoisotopic (exact) mass is 337 g/mol. The van der Waals surface area contributed by atoms with Crippen molar-refractivity contribution in [1.29, 1.82) is 0 Å². The number of hydrogen-bond donors (Lipinski definition) is 1. The average Bonchev–Trinajstić information content (AvgIpc) is 2.30. The number of nitrogens with one attached hydrogen (secondary N) is 1. The third kappa shape index (κ3) is 4.86. The number of benzene rings is 1. The molecule has 0 spiro atoms. The van der Waals surface area contributed by atoms with E-state index < -0.39 is 0 Å². The highest BCUT2D eigenvalue weighted by Gasteiger charge is 2.09. The van der Waals surface area contributed by atoms with Gasteiger partial charge in [0.25, 0.3) is 5.91 Å². The fraction of sp³-hybridized carbons (Fsp3) is 0.417. The molecule has 0 aliphatic heterocycles. The molecular formula is C12H14BrCl2NO. The summed E-state index contributed by atoms with van der Waals surface area (Å²) in [6.45, 7) is 2.54. The second-order valence-electron chi connectivity index (χ2n) is 3.72. The first kappa shape index (κ1) is 14.8. The number of halogens is 3. The molecule has 94 valence electrons. The van der Waals surface area contributed by atoms with Crippen LogP contribution in [0, 0.1) is 0 Å². The minimum Gasteiger partial charge on any atom is -0.351 e. The molecule has 1 aromatic carbocycles. The Bertz CT molecular complexity index is 398. The third-order valence-corrected chi connectivity index (χ3v) is 3.85. The van der Waals surface area contributed by atoms with Crippen molar-refractivity contribution in [3.05, 3.63) is 33.3 Å². The molecule has 17 heavy (non-hydrogen) atoms. The van der Waals surface area contributed by atoms with Crippen molar-refractivity contribution >= 4 is 45.0 Å². The summed E-state index contributed by atoms with van der Waals surface area (Å²) >= 11 is 15.2. The van der Waals surface area contributed by atoms with E-state index in [0.717, 1.165) is 12.8 Å². The van der Waals surface area contributed by atoms with Crippen molar-refractivity contribution in [2.45, 2.75) is 25.1 Å². The first-order valence-electron chi connectivity index (χ1n) is 5.42. The van der Waals surface area contributed by atoms with Gasteiger partial charge in [0.1, 0.15) is 0 Å². The molecule has 1 unspecified atom stereocenters. The Hall–Kier alpha value is -0.250. The topological polar surface area (TPSA) is 29.1 Å². The highest BCUT2D eigenvalue weighted by Crippen LogP contribution is 2.23. The first-order chi connectivity index (χ1) is 8.04. The molecule has 1 rings (SSSR count). The lowest BCUT2D eigenvalue weighted by Crippen LogP contribution is -2.29. The number of carbonyl (C=O) groups is 1. The van der Waals surface area contributed by atoms with Crippen LogP contribution in [0.25, 0.3) is 0 Å². The lowest BCUT2D eigenvalue weighted by atomic mass is 10.2. The fourth-order valence-electron chi connectivity index (χ4n) is 1.36. The standard InChI is InChI=1S/C12H14BrCl2NO/c1-2-3-9(14)7-16-12(17)8-4-5-11(15)10(13)6-8/h4-6,9H,2-3,7H2,1H3,(H,16,17). The molecule has 0 fully saturated rings. The number of alkyl halides is 1. The molecular weight excluding hydrogens is 325 g/mol. The van der Waals surface area contributed by atoms with Gasteiger partial charge in [0, 0.05) is 16.6 Å². The van der Waals surface area contributed by atoms with Gasteiger partial charge >= 0.3 is 0 Å². The Morgan fingerprint density at radius 3 is 2.82 bits per heavy atom. The van der Waals surface area contributed by atoms with E-state index in [0.29, 0.717) is 21.6 Å². The molecule has 5 heteroatoms. The number of rotatable bonds is 5. The molecule has 1 aromatic rings. The zero-order valence-electron chi connectivity index (χ0n) is 9.47. The van der Waals surface area contributed by atoms with Crippen molar-refractivity contribution in [3.8, 4) is 0 Å². The maximum absolute atomic E-state index is 11.8. The van der Waals surface area contributed by atoms with Crippen LogP contribution < -0.4 is 5.32 Å². The Morgan fingerprint density at radius 1 is 1.53 bits per heavy atom. The summed E-state index contributed by atoms with van der Waals surface area (Å²) in [7, 11) is 0. The Labute approximate surface area is 120 Å². The van der Waals surface area contributed by atoms with Gasteiger partial charge < -0.3 is 5.32 Å². The molecule has 0 saturated carbocycles. The van der Waals surface area contributed by atoms with Gasteiger partial charge in [-0.1, -0.05) is 24.9 Å². The van der Waals surface area contributed by atoms with E-state index in [9.17, 15) is 4.79 Å². The van der Waals surface area contributed by atoms with Gasteiger partial charge in [-0.2, -0.15) is 0 Å². The smallest absolute Gasteiger partial charge is 0.251 e. The first-order valence-corrected chi connectivity index (χ1v) is 7.02. The van der Waals surface area contributed by atoms with Crippen molar-refractivity contribution < 1.29 is 4.79 Å². The molecule has 0 aliphatic carbocycles. The van der Waals surface area contributed by atoms with Crippen LogP contribution in [0.2, 0.25) is 5.02 Å². The van der Waals surface area contributed by atoms with E-state index in [4.69, 9.17) is 23.2 Å². The maximum atomic E-state index is 11.8. The minimum atomic E-state index is -0.135. The van der Waals surface area contributed by atoms with E-state index in [1.807, 2.05) is 0 Å².